The summed E-state index contributed by atoms with van der Waals surface area (Å²) in [7, 11) is 1.31. The van der Waals surface area contributed by atoms with Crippen molar-refractivity contribution in [2.75, 3.05) is 7.11 Å². The van der Waals surface area contributed by atoms with Crippen LogP contribution in [0.15, 0.2) is 24.3 Å². The van der Waals surface area contributed by atoms with Crippen molar-refractivity contribution in [3.8, 4) is 0 Å². The van der Waals surface area contributed by atoms with E-state index in [4.69, 9.17) is 22.3 Å². The van der Waals surface area contributed by atoms with Crippen LogP contribution in [0.25, 0.3) is 0 Å². The van der Waals surface area contributed by atoms with E-state index in [-0.39, 0.29) is 12.4 Å². The fourth-order valence-corrected chi connectivity index (χ4v) is 1.38. The van der Waals surface area contributed by atoms with Crippen LogP contribution in [0.1, 0.15) is 18.1 Å². The third kappa shape index (κ3) is 3.51. The van der Waals surface area contributed by atoms with Gasteiger partial charge in [-0.2, -0.15) is 0 Å². The second-order valence-electron chi connectivity index (χ2n) is 2.96. The molecule has 0 aromatic heterocycles. The van der Waals surface area contributed by atoms with E-state index in [9.17, 15) is 4.79 Å². The van der Waals surface area contributed by atoms with Crippen LogP contribution in [0.2, 0.25) is 5.02 Å². The molecule has 1 unspecified atom stereocenters. The van der Waals surface area contributed by atoms with E-state index in [2.05, 4.69) is 4.74 Å². The molecule has 0 aliphatic rings. The Hall–Kier alpha value is -1.10. The number of ether oxygens (including phenoxy) is 1. The van der Waals surface area contributed by atoms with Crippen molar-refractivity contribution < 1.29 is 14.4 Å². The Labute approximate surface area is 92.9 Å². The van der Waals surface area contributed by atoms with Crippen LogP contribution >= 0.6 is 11.6 Å². The van der Waals surface area contributed by atoms with Crippen molar-refractivity contribution in [2.45, 2.75) is 12.5 Å². The number of nitrogens with two attached hydrogens (primary N) is 1. The van der Waals surface area contributed by atoms with Crippen molar-refractivity contribution in [1.29, 1.82) is 0 Å². The Morgan fingerprint density at radius 1 is 1.60 bits per heavy atom. The first kappa shape index (κ1) is 12.0. The molecule has 0 bridgehead atoms. The van der Waals surface area contributed by atoms with Crippen molar-refractivity contribution in [3.63, 3.8) is 0 Å². The van der Waals surface area contributed by atoms with Gasteiger partial charge in [0.25, 0.3) is 0 Å². The van der Waals surface area contributed by atoms with Crippen LogP contribution in [0, 0.1) is 0 Å². The van der Waals surface area contributed by atoms with Crippen molar-refractivity contribution in [3.05, 3.63) is 34.9 Å². The van der Waals surface area contributed by atoms with Gasteiger partial charge in [-0.1, -0.05) is 23.7 Å². The summed E-state index contributed by atoms with van der Waals surface area (Å²) >= 11 is 5.80. The summed E-state index contributed by atoms with van der Waals surface area (Å²) in [5, 5.41) is 0.569. The number of rotatable bonds is 4. The Morgan fingerprint density at radius 3 is 2.87 bits per heavy atom. The lowest BCUT2D eigenvalue weighted by Crippen LogP contribution is -2.14. The highest BCUT2D eigenvalue weighted by Crippen LogP contribution is 2.22. The average Bonchev–Trinajstić information content (AvgIpc) is 2.25. The quantitative estimate of drug-likeness (QED) is 0.632. The second-order valence-corrected chi connectivity index (χ2v) is 3.40. The van der Waals surface area contributed by atoms with E-state index >= 15 is 0 Å². The smallest absolute Gasteiger partial charge is 0.308 e. The molecule has 0 heterocycles. The number of esters is 1. The first-order valence-electron chi connectivity index (χ1n) is 4.35. The number of hydrogen-bond acceptors (Lipinski definition) is 4. The molecule has 2 N–H and O–H groups in total. The van der Waals surface area contributed by atoms with E-state index in [1.165, 1.54) is 7.11 Å². The van der Waals surface area contributed by atoms with Gasteiger partial charge >= 0.3 is 5.97 Å². The lowest BCUT2D eigenvalue weighted by atomic mass is 10.1. The normalized spacial score (nSPS) is 12.2. The molecule has 0 saturated heterocycles. The minimum absolute atomic E-state index is 0.0628. The average molecular weight is 230 g/mol. The first-order valence-corrected chi connectivity index (χ1v) is 4.73. The summed E-state index contributed by atoms with van der Waals surface area (Å²) < 4.78 is 4.53. The van der Waals surface area contributed by atoms with E-state index in [0.717, 1.165) is 5.56 Å². The first-order chi connectivity index (χ1) is 7.17. The minimum atomic E-state index is -0.531. The zero-order valence-corrected chi connectivity index (χ0v) is 9.03. The van der Waals surface area contributed by atoms with Gasteiger partial charge in [0.2, 0.25) is 0 Å². The van der Waals surface area contributed by atoms with E-state index in [1.54, 1.807) is 24.3 Å². The van der Waals surface area contributed by atoms with Crippen LogP contribution in [0.3, 0.4) is 0 Å². The molecule has 1 aromatic carbocycles. The summed E-state index contributed by atoms with van der Waals surface area (Å²) in [6.07, 6.45) is -0.469. The number of benzene rings is 1. The summed E-state index contributed by atoms with van der Waals surface area (Å²) in [5.74, 6) is 4.72. The fourth-order valence-electron chi connectivity index (χ4n) is 1.19. The molecule has 0 spiro atoms. The number of methoxy groups -OCH3 is 1. The van der Waals surface area contributed by atoms with Crippen LogP contribution in [-0.2, 0) is 14.4 Å². The maximum Gasteiger partial charge on any atom is 0.308 e. The molecule has 0 radical (unpaired) electrons. The summed E-state index contributed by atoms with van der Waals surface area (Å²) in [4.78, 5) is 15.8. The molecule has 0 aliphatic carbocycles. The monoisotopic (exact) mass is 229 g/mol. The van der Waals surface area contributed by atoms with Crippen molar-refractivity contribution >= 4 is 17.6 Å². The zero-order chi connectivity index (χ0) is 11.3. The minimum Gasteiger partial charge on any atom is -0.469 e. The van der Waals surface area contributed by atoms with Gasteiger partial charge in [0.05, 0.1) is 13.5 Å². The molecule has 4 nitrogen and oxygen atoms in total. The third-order valence-electron chi connectivity index (χ3n) is 1.96. The number of hydrogen-bond donors (Lipinski definition) is 1. The fraction of sp³-hybridized carbons (Fsp3) is 0.300. The molecule has 0 saturated carbocycles. The topological polar surface area (TPSA) is 61.5 Å². The van der Waals surface area contributed by atoms with Gasteiger partial charge in [0.15, 0.2) is 0 Å². The highest BCUT2D eigenvalue weighted by atomic mass is 35.5. The lowest BCUT2D eigenvalue weighted by Gasteiger charge is -2.13. The number of carbonyl (C=O) groups is 1. The molecule has 1 rings (SSSR count). The zero-order valence-electron chi connectivity index (χ0n) is 8.27. The van der Waals surface area contributed by atoms with Crippen molar-refractivity contribution in [1.82, 2.24) is 0 Å². The Balaban J connectivity index is 2.78. The Kier molecular flexibility index (Phi) is 4.55. The summed E-state index contributed by atoms with van der Waals surface area (Å²) in [6.45, 7) is 0. The van der Waals surface area contributed by atoms with E-state index in [0.29, 0.717) is 5.02 Å². The SMILES string of the molecule is COC(=O)CC(ON)c1cccc(Cl)c1. The third-order valence-corrected chi connectivity index (χ3v) is 2.20. The second kappa shape index (κ2) is 5.70. The van der Waals surface area contributed by atoms with Crippen LogP contribution in [-0.4, -0.2) is 13.1 Å². The summed E-state index contributed by atoms with van der Waals surface area (Å²) in [5.41, 5.74) is 0.746. The van der Waals surface area contributed by atoms with Gasteiger partial charge < -0.3 is 4.74 Å². The van der Waals surface area contributed by atoms with Crippen LogP contribution in [0.4, 0.5) is 0 Å². The van der Waals surface area contributed by atoms with Crippen LogP contribution < -0.4 is 5.90 Å². The molecule has 0 amide bonds. The number of carbonyl (C=O) groups excluding carboxylic acids is 1. The molecule has 0 aliphatic heterocycles. The number of halogens is 1. The molecule has 5 heteroatoms. The predicted octanol–water partition coefficient (Wildman–Crippen LogP) is 1.83. The molecular weight excluding hydrogens is 218 g/mol. The highest BCUT2D eigenvalue weighted by Gasteiger charge is 2.16. The lowest BCUT2D eigenvalue weighted by molar-refractivity contribution is -0.144. The Bertz CT molecular complexity index is 343. The van der Waals surface area contributed by atoms with E-state index < -0.39 is 6.10 Å². The standard InChI is InChI=1S/C10H12ClNO3/c1-14-10(13)6-9(15-12)7-3-2-4-8(11)5-7/h2-5,9H,6,12H2,1H3. The van der Waals surface area contributed by atoms with Gasteiger partial charge in [-0.15, -0.1) is 0 Å². The van der Waals surface area contributed by atoms with Gasteiger partial charge in [-0.05, 0) is 17.7 Å². The highest BCUT2D eigenvalue weighted by molar-refractivity contribution is 6.30. The predicted molar refractivity (Wildman–Crippen MR) is 56.1 cm³/mol. The molecular formula is C10H12ClNO3. The largest absolute Gasteiger partial charge is 0.469 e. The van der Waals surface area contributed by atoms with Gasteiger partial charge in [0, 0.05) is 5.02 Å². The molecule has 1 atom stereocenters. The van der Waals surface area contributed by atoms with Gasteiger partial charge in [0.1, 0.15) is 6.10 Å². The molecule has 1 aromatic rings. The van der Waals surface area contributed by atoms with Gasteiger partial charge in [-0.25, -0.2) is 5.90 Å². The molecule has 0 fully saturated rings. The molecule has 82 valence electrons. The maximum absolute atomic E-state index is 11.0. The summed E-state index contributed by atoms with van der Waals surface area (Å²) in [6, 6.07) is 6.98. The van der Waals surface area contributed by atoms with Crippen molar-refractivity contribution in [2.24, 2.45) is 5.90 Å². The van der Waals surface area contributed by atoms with E-state index in [1.807, 2.05) is 0 Å². The molecule has 15 heavy (non-hydrogen) atoms. The maximum atomic E-state index is 11.0. The Morgan fingerprint density at radius 2 is 2.33 bits per heavy atom. The van der Waals surface area contributed by atoms with Gasteiger partial charge in [-0.3, -0.25) is 9.63 Å². The van der Waals surface area contributed by atoms with Crippen LogP contribution in [0.5, 0.6) is 0 Å².